The maximum Gasteiger partial charge on any atom is 0.281 e. The minimum Gasteiger partial charge on any atom is -0.275 e. The Balaban J connectivity index is 1.92. The second-order valence-electron chi connectivity index (χ2n) is 6.18. The van der Waals surface area contributed by atoms with Gasteiger partial charge in [0.2, 0.25) is 0 Å². The van der Waals surface area contributed by atoms with Crippen molar-refractivity contribution in [1.82, 2.24) is 28.4 Å². The van der Waals surface area contributed by atoms with Crippen LogP contribution in [0.3, 0.4) is 0 Å². The number of rotatable bonds is 4. The zero-order valence-electron chi connectivity index (χ0n) is 14.1. The number of aryl methyl sites for hydroxylation is 1. The average Bonchev–Trinajstić information content (AvgIpc) is 3.01. The number of nitrogens with zero attached hydrogens (tertiary/aromatic N) is 6. The molecule has 8 nitrogen and oxygen atoms in total. The summed E-state index contributed by atoms with van der Waals surface area (Å²) in [5.74, 6) is 0.0254. The quantitative estimate of drug-likeness (QED) is 0.817. The van der Waals surface area contributed by atoms with Gasteiger partial charge in [-0.25, -0.2) is 0 Å². The van der Waals surface area contributed by atoms with Gasteiger partial charge in [-0.3, -0.25) is 14.6 Å². The fourth-order valence-electron chi connectivity index (χ4n) is 3.02. The summed E-state index contributed by atoms with van der Waals surface area (Å²) in [7, 11) is 1.56. The normalized spacial score (nSPS) is 19.8. The molecule has 0 aliphatic carbocycles. The topological polar surface area (TPSA) is 84.2 Å². The van der Waals surface area contributed by atoms with Gasteiger partial charge < -0.3 is 0 Å². The van der Waals surface area contributed by atoms with Crippen molar-refractivity contribution in [2.45, 2.75) is 18.8 Å². The number of piperidine rings is 1. The van der Waals surface area contributed by atoms with Crippen LogP contribution >= 0.6 is 0 Å². The van der Waals surface area contributed by atoms with E-state index in [0.717, 1.165) is 29.8 Å². The molecule has 0 radical (unpaired) electrons. The van der Waals surface area contributed by atoms with E-state index >= 15 is 0 Å². The second kappa shape index (κ2) is 6.58. The van der Waals surface area contributed by atoms with Crippen LogP contribution in [0.25, 0.3) is 11.3 Å². The van der Waals surface area contributed by atoms with E-state index in [1.807, 2.05) is 13.2 Å². The van der Waals surface area contributed by atoms with Gasteiger partial charge in [0, 0.05) is 64.3 Å². The number of hydrogen-bond donors (Lipinski definition) is 0. The van der Waals surface area contributed by atoms with Crippen LogP contribution in [0.1, 0.15) is 24.5 Å². The molecule has 2 aromatic heterocycles. The van der Waals surface area contributed by atoms with Crippen LogP contribution < -0.4 is 0 Å². The van der Waals surface area contributed by atoms with Crippen LogP contribution in [0, 0.1) is 0 Å². The Kier molecular flexibility index (Phi) is 4.66. The van der Waals surface area contributed by atoms with Gasteiger partial charge in [-0.05, 0) is 12.8 Å². The Morgan fingerprint density at radius 1 is 1.25 bits per heavy atom. The first kappa shape index (κ1) is 17.0. The summed E-state index contributed by atoms with van der Waals surface area (Å²) in [5, 5.41) is 4.19. The van der Waals surface area contributed by atoms with Crippen molar-refractivity contribution >= 4 is 10.2 Å². The molecule has 1 aliphatic heterocycles. The van der Waals surface area contributed by atoms with Gasteiger partial charge in [0.1, 0.15) is 0 Å². The van der Waals surface area contributed by atoms with Gasteiger partial charge in [-0.15, -0.1) is 0 Å². The Morgan fingerprint density at radius 2 is 2.00 bits per heavy atom. The summed E-state index contributed by atoms with van der Waals surface area (Å²) in [5.41, 5.74) is 2.51. The first-order chi connectivity index (χ1) is 11.4. The average molecular weight is 350 g/mol. The third-order valence-electron chi connectivity index (χ3n) is 4.26. The lowest BCUT2D eigenvalue weighted by atomic mass is 9.93. The van der Waals surface area contributed by atoms with E-state index in [9.17, 15) is 8.42 Å². The standard InChI is InChI=1S/C15H22N6O2S/c1-19(2)24(22,23)21-8-4-5-12(11-21)14-15(17-7-6-16-14)13-9-18-20(3)10-13/h6-7,9-10,12H,4-5,8,11H2,1-3H3/t12-/m1/s1. The molecule has 0 aromatic carbocycles. The van der Waals surface area contributed by atoms with E-state index in [1.165, 1.54) is 8.61 Å². The summed E-state index contributed by atoms with van der Waals surface area (Å²) in [6.45, 7) is 0.964. The highest BCUT2D eigenvalue weighted by Gasteiger charge is 2.33. The fourth-order valence-corrected chi connectivity index (χ4v) is 4.21. The fraction of sp³-hybridized carbons (Fsp3) is 0.533. The summed E-state index contributed by atoms with van der Waals surface area (Å²) >= 11 is 0. The van der Waals surface area contributed by atoms with Crippen LogP contribution in [0.15, 0.2) is 24.8 Å². The van der Waals surface area contributed by atoms with Crippen molar-refractivity contribution in [2.24, 2.45) is 7.05 Å². The molecular formula is C15H22N6O2S. The Labute approximate surface area is 142 Å². The van der Waals surface area contributed by atoms with Crippen LogP contribution in [-0.4, -0.2) is 64.0 Å². The molecule has 3 heterocycles. The number of aromatic nitrogens is 4. The monoisotopic (exact) mass is 350 g/mol. The van der Waals surface area contributed by atoms with Crippen molar-refractivity contribution in [3.8, 4) is 11.3 Å². The zero-order valence-corrected chi connectivity index (χ0v) is 14.9. The Bertz CT molecular complexity index is 817. The third kappa shape index (κ3) is 3.19. The molecule has 1 atom stereocenters. The van der Waals surface area contributed by atoms with E-state index in [2.05, 4.69) is 15.1 Å². The molecule has 9 heteroatoms. The van der Waals surface area contributed by atoms with Gasteiger partial charge in [-0.2, -0.15) is 22.1 Å². The molecule has 1 aliphatic rings. The van der Waals surface area contributed by atoms with Crippen LogP contribution in [-0.2, 0) is 17.3 Å². The van der Waals surface area contributed by atoms with Gasteiger partial charge in [0.15, 0.2) is 0 Å². The maximum absolute atomic E-state index is 12.4. The van der Waals surface area contributed by atoms with Gasteiger partial charge in [0.25, 0.3) is 10.2 Å². The molecule has 2 aromatic rings. The van der Waals surface area contributed by atoms with Gasteiger partial charge in [0.05, 0.1) is 17.6 Å². The molecule has 0 amide bonds. The molecule has 24 heavy (non-hydrogen) atoms. The molecule has 3 rings (SSSR count). The summed E-state index contributed by atoms with van der Waals surface area (Å²) < 4.78 is 29.4. The summed E-state index contributed by atoms with van der Waals surface area (Å²) in [4.78, 5) is 8.98. The number of hydrogen-bond acceptors (Lipinski definition) is 5. The zero-order chi connectivity index (χ0) is 17.3. The predicted octanol–water partition coefficient (Wildman–Crippen LogP) is 0.863. The van der Waals surface area contributed by atoms with Gasteiger partial charge >= 0.3 is 0 Å². The highest BCUT2D eigenvalue weighted by Crippen LogP contribution is 2.32. The van der Waals surface area contributed by atoms with Crippen molar-refractivity contribution < 1.29 is 8.42 Å². The lowest BCUT2D eigenvalue weighted by Crippen LogP contribution is -2.45. The maximum atomic E-state index is 12.4. The third-order valence-corrected chi connectivity index (χ3v) is 6.17. The molecule has 0 unspecified atom stereocenters. The lowest BCUT2D eigenvalue weighted by Gasteiger charge is -2.33. The highest BCUT2D eigenvalue weighted by molar-refractivity contribution is 7.86. The van der Waals surface area contributed by atoms with E-state index in [4.69, 9.17) is 0 Å². The highest BCUT2D eigenvalue weighted by atomic mass is 32.2. The summed E-state index contributed by atoms with van der Waals surface area (Å²) in [6.07, 6.45) is 8.67. The molecule has 130 valence electrons. The molecule has 0 spiro atoms. The second-order valence-corrected chi connectivity index (χ2v) is 8.32. The van der Waals surface area contributed by atoms with Gasteiger partial charge in [-0.1, -0.05) is 0 Å². The minimum atomic E-state index is -3.41. The predicted molar refractivity (Wildman–Crippen MR) is 90.4 cm³/mol. The summed E-state index contributed by atoms with van der Waals surface area (Å²) in [6, 6.07) is 0. The van der Waals surface area contributed by atoms with Crippen molar-refractivity contribution in [2.75, 3.05) is 27.2 Å². The molecule has 1 saturated heterocycles. The van der Waals surface area contributed by atoms with Crippen molar-refractivity contribution in [1.29, 1.82) is 0 Å². The van der Waals surface area contributed by atoms with Crippen LogP contribution in [0.5, 0.6) is 0 Å². The first-order valence-corrected chi connectivity index (χ1v) is 9.27. The first-order valence-electron chi connectivity index (χ1n) is 7.87. The van der Waals surface area contributed by atoms with E-state index in [0.29, 0.717) is 13.1 Å². The van der Waals surface area contributed by atoms with Crippen molar-refractivity contribution in [3.05, 3.63) is 30.5 Å². The molecule has 0 N–H and O–H groups in total. The van der Waals surface area contributed by atoms with Crippen molar-refractivity contribution in [3.63, 3.8) is 0 Å². The van der Waals surface area contributed by atoms with Crippen LogP contribution in [0.4, 0.5) is 0 Å². The molecular weight excluding hydrogens is 328 g/mol. The molecule has 0 saturated carbocycles. The van der Waals surface area contributed by atoms with Crippen LogP contribution in [0.2, 0.25) is 0 Å². The largest absolute Gasteiger partial charge is 0.281 e. The SMILES string of the molecule is CN(C)S(=O)(=O)N1CCC[C@@H](c2nccnc2-c2cnn(C)c2)C1. The van der Waals surface area contributed by atoms with E-state index in [1.54, 1.807) is 37.4 Å². The Morgan fingerprint density at radius 3 is 2.67 bits per heavy atom. The molecule has 0 bridgehead atoms. The molecule has 1 fully saturated rings. The Hall–Kier alpha value is -1.84. The van der Waals surface area contributed by atoms with E-state index in [-0.39, 0.29) is 5.92 Å². The smallest absolute Gasteiger partial charge is 0.275 e. The van der Waals surface area contributed by atoms with E-state index < -0.39 is 10.2 Å². The minimum absolute atomic E-state index is 0.0254. The lowest BCUT2D eigenvalue weighted by molar-refractivity contribution is 0.296.